The van der Waals surface area contributed by atoms with Gasteiger partial charge in [0, 0.05) is 22.9 Å². The monoisotopic (exact) mass is 358 g/mol. The van der Waals surface area contributed by atoms with Gasteiger partial charge in [-0.25, -0.2) is 0 Å². The van der Waals surface area contributed by atoms with Crippen LogP contribution >= 0.6 is 11.3 Å². The van der Waals surface area contributed by atoms with Crippen LogP contribution in [0.5, 0.6) is 5.75 Å². The SMILES string of the molecule is Cc1ccc(C(C)N(C)C(=O)C=Cc2ccc(OCC(N)=O)cc2)s1. The Kier molecular flexibility index (Phi) is 6.36. The molecule has 0 bridgehead atoms. The van der Waals surface area contributed by atoms with Gasteiger partial charge in [0.1, 0.15) is 5.75 Å². The first-order valence-electron chi connectivity index (χ1n) is 7.89. The third kappa shape index (κ3) is 5.46. The lowest BCUT2D eigenvalue weighted by Crippen LogP contribution is -2.27. The molecular formula is C19H22N2O3S. The zero-order chi connectivity index (χ0) is 18.4. The van der Waals surface area contributed by atoms with Crippen LogP contribution in [-0.2, 0) is 9.59 Å². The van der Waals surface area contributed by atoms with Gasteiger partial charge in [0.2, 0.25) is 5.91 Å². The smallest absolute Gasteiger partial charge is 0.255 e. The summed E-state index contributed by atoms with van der Waals surface area (Å²) in [5.41, 5.74) is 5.90. The minimum absolute atomic E-state index is 0.0282. The van der Waals surface area contributed by atoms with Gasteiger partial charge in [0.05, 0.1) is 6.04 Å². The van der Waals surface area contributed by atoms with Crippen molar-refractivity contribution in [2.24, 2.45) is 5.73 Å². The Bertz CT molecular complexity index is 765. The van der Waals surface area contributed by atoms with E-state index in [9.17, 15) is 9.59 Å². The summed E-state index contributed by atoms with van der Waals surface area (Å²) < 4.78 is 5.20. The Hall–Kier alpha value is -2.60. The number of carbonyl (C=O) groups excluding carboxylic acids is 2. The van der Waals surface area contributed by atoms with Gasteiger partial charge in [-0.15, -0.1) is 11.3 Å². The van der Waals surface area contributed by atoms with Crippen LogP contribution in [-0.4, -0.2) is 30.4 Å². The number of ether oxygens (including phenoxy) is 1. The van der Waals surface area contributed by atoms with Crippen LogP contribution in [0.15, 0.2) is 42.5 Å². The van der Waals surface area contributed by atoms with E-state index in [0.29, 0.717) is 5.75 Å². The van der Waals surface area contributed by atoms with Gasteiger partial charge in [0.25, 0.3) is 5.91 Å². The Morgan fingerprint density at radius 1 is 1.24 bits per heavy atom. The van der Waals surface area contributed by atoms with Crippen molar-refractivity contribution in [1.82, 2.24) is 4.90 Å². The fourth-order valence-electron chi connectivity index (χ4n) is 2.17. The number of rotatable bonds is 7. The van der Waals surface area contributed by atoms with E-state index < -0.39 is 5.91 Å². The molecule has 1 unspecified atom stereocenters. The summed E-state index contributed by atoms with van der Waals surface area (Å²) in [5, 5.41) is 0. The molecule has 0 saturated carbocycles. The maximum Gasteiger partial charge on any atom is 0.255 e. The van der Waals surface area contributed by atoms with Crippen LogP contribution in [0.2, 0.25) is 0 Å². The van der Waals surface area contributed by atoms with Crippen LogP contribution < -0.4 is 10.5 Å². The second kappa shape index (κ2) is 8.48. The van der Waals surface area contributed by atoms with Crippen molar-refractivity contribution in [3.05, 3.63) is 57.8 Å². The minimum atomic E-state index is -0.521. The summed E-state index contributed by atoms with van der Waals surface area (Å²) in [6.45, 7) is 3.92. The maximum atomic E-state index is 12.4. The Balaban J connectivity index is 1.95. The first-order chi connectivity index (χ1) is 11.9. The zero-order valence-corrected chi connectivity index (χ0v) is 15.4. The third-order valence-corrected chi connectivity index (χ3v) is 4.95. The number of likely N-dealkylation sites (N-methyl/N-ethyl adjacent to an activating group) is 1. The molecule has 25 heavy (non-hydrogen) atoms. The van der Waals surface area contributed by atoms with Crippen molar-refractivity contribution in [3.8, 4) is 5.75 Å². The van der Waals surface area contributed by atoms with Gasteiger partial charge in [-0.1, -0.05) is 12.1 Å². The van der Waals surface area contributed by atoms with E-state index in [4.69, 9.17) is 10.5 Å². The average Bonchev–Trinajstić information content (AvgIpc) is 3.03. The molecule has 1 atom stereocenters. The van der Waals surface area contributed by atoms with E-state index >= 15 is 0 Å². The highest BCUT2D eigenvalue weighted by Gasteiger charge is 2.16. The van der Waals surface area contributed by atoms with Gasteiger partial charge >= 0.3 is 0 Å². The van der Waals surface area contributed by atoms with Crippen LogP contribution in [0.4, 0.5) is 0 Å². The molecule has 132 valence electrons. The zero-order valence-electron chi connectivity index (χ0n) is 14.6. The highest BCUT2D eigenvalue weighted by molar-refractivity contribution is 7.12. The predicted molar refractivity (Wildman–Crippen MR) is 100 cm³/mol. The molecule has 0 radical (unpaired) electrons. The van der Waals surface area contributed by atoms with E-state index in [-0.39, 0.29) is 18.6 Å². The fourth-order valence-corrected chi connectivity index (χ4v) is 3.15. The molecule has 0 aliphatic heterocycles. The average molecular weight is 358 g/mol. The van der Waals surface area contributed by atoms with Gasteiger partial charge in [-0.3, -0.25) is 9.59 Å². The molecule has 2 aromatic rings. The molecular weight excluding hydrogens is 336 g/mol. The molecule has 5 nitrogen and oxygen atoms in total. The third-order valence-electron chi connectivity index (χ3n) is 3.78. The molecule has 1 aromatic heterocycles. The van der Waals surface area contributed by atoms with Gasteiger partial charge in [-0.05, 0) is 49.8 Å². The Morgan fingerprint density at radius 2 is 1.92 bits per heavy atom. The largest absolute Gasteiger partial charge is 0.484 e. The van der Waals surface area contributed by atoms with Gasteiger partial charge in [-0.2, -0.15) is 0 Å². The van der Waals surface area contributed by atoms with Crippen LogP contribution in [0, 0.1) is 6.92 Å². The highest BCUT2D eigenvalue weighted by atomic mass is 32.1. The Labute approximate surface area is 151 Å². The van der Waals surface area contributed by atoms with Crippen LogP contribution in [0.1, 0.15) is 28.3 Å². The number of aryl methyl sites for hydroxylation is 1. The van der Waals surface area contributed by atoms with Crippen molar-refractivity contribution in [1.29, 1.82) is 0 Å². The molecule has 2 amide bonds. The number of thiophene rings is 1. The van der Waals surface area contributed by atoms with Crippen molar-refractivity contribution in [3.63, 3.8) is 0 Å². The molecule has 1 aromatic carbocycles. The summed E-state index contributed by atoms with van der Waals surface area (Å²) in [4.78, 5) is 27.1. The molecule has 2 N–H and O–H groups in total. The molecule has 0 saturated heterocycles. The number of benzene rings is 1. The summed E-state index contributed by atoms with van der Waals surface area (Å²) in [6.07, 6.45) is 3.30. The standard InChI is InChI=1S/C19H22N2O3S/c1-13-4-10-17(25-13)14(2)21(3)19(23)11-7-15-5-8-16(9-6-15)24-12-18(20)22/h4-11,14H,12H2,1-3H3,(H2,20,22). The van der Waals surface area contributed by atoms with E-state index in [0.717, 1.165) is 10.4 Å². The topological polar surface area (TPSA) is 72.6 Å². The number of primary amides is 1. The summed E-state index contributed by atoms with van der Waals surface area (Å²) in [7, 11) is 1.80. The first-order valence-corrected chi connectivity index (χ1v) is 8.71. The predicted octanol–water partition coefficient (Wildman–Crippen LogP) is 3.15. The highest BCUT2D eigenvalue weighted by Crippen LogP contribution is 2.26. The number of nitrogens with zero attached hydrogens (tertiary/aromatic N) is 1. The normalized spacial score (nSPS) is 12.1. The van der Waals surface area contributed by atoms with Crippen molar-refractivity contribution < 1.29 is 14.3 Å². The lowest BCUT2D eigenvalue weighted by Gasteiger charge is -2.22. The lowest BCUT2D eigenvalue weighted by molar-refractivity contribution is -0.126. The number of hydrogen-bond acceptors (Lipinski definition) is 4. The van der Waals surface area contributed by atoms with Crippen LogP contribution in [0.3, 0.4) is 0 Å². The molecule has 0 spiro atoms. The first kappa shape index (κ1) is 18.7. The molecule has 2 rings (SSSR count). The maximum absolute atomic E-state index is 12.4. The summed E-state index contributed by atoms with van der Waals surface area (Å²) in [6, 6.07) is 11.2. The Morgan fingerprint density at radius 3 is 2.48 bits per heavy atom. The van der Waals surface area contributed by atoms with Crippen molar-refractivity contribution in [2.75, 3.05) is 13.7 Å². The van der Waals surface area contributed by atoms with Crippen molar-refractivity contribution >= 4 is 29.2 Å². The van der Waals surface area contributed by atoms with E-state index in [1.807, 2.05) is 19.1 Å². The fraction of sp³-hybridized carbons (Fsp3) is 0.263. The second-order valence-electron chi connectivity index (χ2n) is 5.73. The van der Waals surface area contributed by atoms with E-state index in [2.05, 4.69) is 19.1 Å². The number of amides is 2. The quantitative estimate of drug-likeness (QED) is 0.773. The second-order valence-corrected chi connectivity index (χ2v) is 7.05. The van der Waals surface area contributed by atoms with Crippen molar-refractivity contribution in [2.45, 2.75) is 19.9 Å². The number of nitrogens with two attached hydrogens (primary N) is 1. The molecule has 0 fully saturated rings. The van der Waals surface area contributed by atoms with Gasteiger partial charge in [0.15, 0.2) is 6.61 Å². The molecule has 0 aliphatic carbocycles. The summed E-state index contributed by atoms with van der Waals surface area (Å²) >= 11 is 1.70. The number of hydrogen-bond donors (Lipinski definition) is 1. The summed E-state index contributed by atoms with van der Waals surface area (Å²) in [5.74, 6) is -0.0265. The molecule has 6 heteroatoms. The molecule has 1 heterocycles. The van der Waals surface area contributed by atoms with Crippen LogP contribution in [0.25, 0.3) is 6.08 Å². The van der Waals surface area contributed by atoms with E-state index in [1.54, 1.807) is 47.6 Å². The molecule has 0 aliphatic rings. The number of carbonyl (C=O) groups is 2. The lowest BCUT2D eigenvalue weighted by atomic mass is 10.2. The van der Waals surface area contributed by atoms with Gasteiger partial charge < -0.3 is 15.4 Å². The minimum Gasteiger partial charge on any atom is -0.484 e. The van der Waals surface area contributed by atoms with E-state index in [1.165, 1.54) is 4.88 Å².